The SMILES string of the molecule is CCCCCCNC1C[C@@H](C)O[C@H](C)C1. The Bertz CT molecular complexity index is 151. The fourth-order valence-corrected chi connectivity index (χ4v) is 2.43. The monoisotopic (exact) mass is 213 g/mol. The summed E-state index contributed by atoms with van der Waals surface area (Å²) in [6.45, 7) is 7.81. The van der Waals surface area contributed by atoms with Crippen LogP contribution in [0.15, 0.2) is 0 Å². The Kier molecular flexibility index (Phi) is 6.26. The maximum Gasteiger partial charge on any atom is 0.0565 e. The van der Waals surface area contributed by atoms with Crippen LogP contribution in [0.1, 0.15) is 59.3 Å². The van der Waals surface area contributed by atoms with Crippen LogP contribution in [0.25, 0.3) is 0 Å². The zero-order valence-electron chi connectivity index (χ0n) is 10.6. The molecule has 0 spiro atoms. The number of unbranched alkanes of at least 4 members (excludes halogenated alkanes) is 3. The van der Waals surface area contributed by atoms with E-state index in [0.29, 0.717) is 18.2 Å². The fourth-order valence-electron chi connectivity index (χ4n) is 2.43. The van der Waals surface area contributed by atoms with Crippen LogP contribution in [-0.4, -0.2) is 24.8 Å². The van der Waals surface area contributed by atoms with Gasteiger partial charge < -0.3 is 10.1 Å². The molecule has 1 aliphatic rings. The van der Waals surface area contributed by atoms with E-state index < -0.39 is 0 Å². The van der Waals surface area contributed by atoms with E-state index in [1.165, 1.54) is 45.1 Å². The molecular formula is C13H27NO. The molecule has 0 saturated carbocycles. The molecule has 0 aromatic heterocycles. The topological polar surface area (TPSA) is 21.3 Å². The summed E-state index contributed by atoms with van der Waals surface area (Å²) in [5, 5.41) is 3.66. The number of nitrogens with one attached hydrogen (secondary N) is 1. The third-order valence-corrected chi connectivity index (χ3v) is 3.16. The van der Waals surface area contributed by atoms with E-state index in [-0.39, 0.29) is 0 Å². The minimum absolute atomic E-state index is 0.432. The normalized spacial score (nSPS) is 31.8. The van der Waals surface area contributed by atoms with Crippen LogP contribution in [0.3, 0.4) is 0 Å². The van der Waals surface area contributed by atoms with Crippen molar-refractivity contribution >= 4 is 0 Å². The number of hydrogen-bond acceptors (Lipinski definition) is 2. The van der Waals surface area contributed by atoms with Gasteiger partial charge in [-0.15, -0.1) is 0 Å². The average molecular weight is 213 g/mol. The standard InChI is InChI=1S/C13H27NO/c1-4-5-6-7-8-14-13-9-11(2)15-12(3)10-13/h11-14H,4-10H2,1-3H3/t11-,12-/m1/s1. The van der Waals surface area contributed by atoms with Gasteiger partial charge in [0.05, 0.1) is 12.2 Å². The highest BCUT2D eigenvalue weighted by atomic mass is 16.5. The van der Waals surface area contributed by atoms with Gasteiger partial charge in [0.15, 0.2) is 0 Å². The lowest BCUT2D eigenvalue weighted by Gasteiger charge is -2.32. The number of rotatable bonds is 6. The van der Waals surface area contributed by atoms with Crippen molar-refractivity contribution in [3.8, 4) is 0 Å². The molecule has 2 nitrogen and oxygen atoms in total. The van der Waals surface area contributed by atoms with E-state index in [0.717, 1.165) is 0 Å². The van der Waals surface area contributed by atoms with Crippen molar-refractivity contribution in [2.45, 2.75) is 77.5 Å². The van der Waals surface area contributed by atoms with Crippen molar-refractivity contribution in [3.05, 3.63) is 0 Å². The molecule has 0 amide bonds. The minimum Gasteiger partial charge on any atom is -0.375 e. The van der Waals surface area contributed by atoms with E-state index in [9.17, 15) is 0 Å². The van der Waals surface area contributed by atoms with E-state index >= 15 is 0 Å². The summed E-state index contributed by atoms with van der Waals surface area (Å²) in [5.74, 6) is 0. The van der Waals surface area contributed by atoms with Gasteiger partial charge in [0.2, 0.25) is 0 Å². The van der Waals surface area contributed by atoms with Gasteiger partial charge in [-0.3, -0.25) is 0 Å². The quantitative estimate of drug-likeness (QED) is 0.685. The molecule has 1 aliphatic heterocycles. The number of hydrogen-bond donors (Lipinski definition) is 1. The van der Waals surface area contributed by atoms with Crippen LogP contribution >= 0.6 is 0 Å². The summed E-state index contributed by atoms with van der Waals surface area (Å²) in [7, 11) is 0. The lowest BCUT2D eigenvalue weighted by molar-refractivity contribution is -0.0420. The van der Waals surface area contributed by atoms with Crippen LogP contribution < -0.4 is 5.32 Å². The minimum atomic E-state index is 0.432. The second-order valence-corrected chi connectivity index (χ2v) is 4.94. The molecule has 1 heterocycles. The molecule has 2 atom stereocenters. The van der Waals surface area contributed by atoms with E-state index in [1.807, 2.05) is 0 Å². The van der Waals surface area contributed by atoms with Gasteiger partial charge in [0, 0.05) is 6.04 Å². The summed E-state index contributed by atoms with van der Waals surface area (Å²) in [6.07, 6.45) is 8.62. The molecule has 1 N–H and O–H groups in total. The predicted molar refractivity (Wildman–Crippen MR) is 65.2 cm³/mol. The van der Waals surface area contributed by atoms with Crippen LogP contribution in [0.4, 0.5) is 0 Å². The molecular weight excluding hydrogens is 186 g/mol. The zero-order valence-corrected chi connectivity index (χ0v) is 10.6. The first-order valence-electron chi connectivity index (χ1n) is 6.61. The van der Waals surface area contributed by atoms with E-state index in [2.05, 4.69) is 26.1 Å². The summed E-state index contributed by atoms with van der Waals surface area (Å²) in [6, 6.07) is 0.686. The first-order chi connectivity index (χ1) is 7.22. The highest BCUT2D eigenvalue weighted by Gasteiger charge is 2.23. The van der Waals surface area contributed by atoms with E-state index in [4.69, 9.17) is 4.74 Å². The highest BCUT2D eigenvalue weighted by molar-refractivity contribution is 4.78. The Morgan fingerprint density at radius 1 is 1.07 bits per heavy atom. The summed E-state index contributed by atoms with van der Waals surface area (Å²) in [5.41, 5.74) is 0. The van der Waals surface area contributed by atoms with Crippen molar-refractivity contribution in [1.29, 1.82) is 0 Å². The Balaban J connectivity index is 2.04. The second-order valence-electron chi connectivity index (χ2n) is 4.94. The van der Waals surface area contributed by atoms with Crippen LogP contribution in [0, 0.1) is 0 Å². The maximum absolute atomic E-state index is 5.72. The van der Waals surface area contributed by atoms with Crippen LogP contribution in [0.2, 0.25) is 0 Å². The zero-order chi connectivity index (χ0) is 11.1. The Morgan fingerprint density at radius 2 is 1.73 bits per heavy atom. The maximum atomic E-state index is 5.72. The smallest absolute Gasteiger partial charge is 0.0565 e. The van der Waals surface area contributed by atoms with Crippen LogP contribution in [0.5, 0.6) is 0 Å². The summed E-state index contributed by atoms with van der Waals surface area (Å²) < 4.78 is 5.72. The first-order valence-corrected chi connectivity index (χ1v) is 6.61. The largest absolute Gasteiger partial charge is 0.375 e. The molecule has 2 heteroatoms. The van der Waals surface area contributed by atoms with Crippen molar-refractivity contribution in [2.24, 2.45) is 0 Å². The van der Waals surface area contributed by atoms with Crippen molar-refractivity contribution in [1.82, 2.24) is 5.32 Å². The average Bonchev–Trinajstić information content (AvgIpc) is 2.16. The Hall–Kier alpha value is -0.0800. The number of ether oxygens (including phenoxy) is 1. The highest BCUT2D eigenvalue weighted by Crippen LogP contribution is 2.18. The molecule has 0 radical (unpaired) electrons. The van der Waals surface area contributed by atoms with Gasteiger partial charge in [-0.2, -0.15) is 0 Å². The van der Waals surface area contributed by atoms with Crippen molar-refractivity contribution in [3.63, 3.8) is 0 Å². The molecule has 1 fully saturated rings. The molecule has 90 valence electrons. The van der Waals surface area contributed by atoms with Gasteiger partial charge in [-0.05, 0) is 39.7 Å². The molecule has 0 aromatic rings. The third-order valence-electron chi connectivity index (χ3n) is 3.16. The summed E-state index contributed by atoms with van der Waals surface area (Å²) >= 11 is 0. The Morgan fingerprint density at radius 3 is 2.33 bits per heavy atom. The fraction of sp³-hybridized carbons (Fsp3) is 1.00. The van der Waals surface area contributed by atoms with Gasteiger partial charge in [0.25, 0.3) is 0 Å². The van der Waals surface area contributed by atoms with Crippen molar-refractivity contribution < 1.29 is 4.74 Å². The first kappa shape index (κ1) is 13.0. The Labute approximate surface area is 94.8 Å². The van der Waals surface area contributed by atoms with E-state index in [1.54, 1.807) is 0 Å². The third kappa shape index (κ3) is 5.53. The molecule has 0 bridgehead atoms. The molecule has 0 aliphatic carbocycles. The molecule has 15 heavy (non-hydrogen) atoms. The van der Waals surface area contributed by atoms with Gasteiger partial charge >= 0.3 is 0 Å². The second kappa shape index (κ2) is 7.24. The molecule has 0 unspecified atom stereocenters. The van der Waals surface area contributed by atoms with Gasteiger partial charge in [0.1, 0.15) is 0 Å². The lowest BCUT2D eigenvalue weighted by Crippen LogP contribution is -2.41. The molecule has 0 aromatic carbocycles. The molecule has 1 rings (SSSR count). The van der Waals surface area contributed by atoms with Crippen molar-refractivity contribution in [2.75, 3.05) is 6.54 Å². The van der Waals surface area contributed by atoms with Gasteiger partial charge in [-0.1, -0.05) is 26.2 Å². The predicted octanol–water partition coefficient (Wildman–Crippen LogP) is 3.11. The summed E-state index contributed by atoms with van der Waals surface area (Å²) in [4.78, 5) is 0. The lowest BCUT2D eigenvalue weighted by atomic mass is 10.00. The van der Waals surface area contributed by atoms with Crippen LogP contribution in [-0.2, 0) is 4.74 Å². The molecule has 1 saturated heterocycles. The van der Waals surface area contributed by atoms with Gasteiger partial charge in [-0.25, -0.2) is 0 Å².